The van der Waals surface area contributed by atoms with Gasteiger partial charge in [0.25, 0.3) is 5.91 Å². The first kappa shape index (κ1) is 20.2. The molecule has 0 atom stereocenters. The van der Waals surface area contributed by atoms with E-state index in [-0.39, 0.29) is 17.9 Å². The molecule has 0 unspecified atom stereocenters. The van der Waals surface area contributed by atoms with E-state index >= 15 is 0 Å². The fraction of sp³-hybridized carbons (Fsp3) is 0.125. The lowest BCUT2D eigenvalue weighted by atomic mass is 10.1. The molecular weight excluding hydrogens is 545 g/mol. The maximum absolute atomic E-state index is 12.5. The van der Waals surface area contributed by atoms with E-state index in [2.05, 4.69) is 53.1 Å². The lowest BCUT2D eigenvalue weighted by Crippen LogP contribution is -2.24. The maximum Gasteiger partial charge on any atom is 0.341 e. The first-order valence-electron chi connectivity index (χ1n) is 6.83. The topological polar surface area (TPSA) is 75.6 Å². The molecule has 2 rings (SSSR count). The molecule has 0 heterocycles. The van der Waals surface area contributed by atoms with Crippen LogP contribution in [0.1, 0.15) is 15.9 Å². The van der Waals surface area contributed by atoms with Crippen molar-refractivity contribution in [1.82, 2.24) is 5.32 Å². The fourth-order valence-electron chi connectivity index (χ4n) is 1.95. The molecule has 0 aromatic heterocycles. The number of rotatable bonds is 6. The van der Waals surface area contributed by atoms with Crippen molar-refractivity contribution in [3.05, 3.63) is 59.9 Å². The zero-order valence-electron chi connectivity index (χ0n) is 12.5. The molecule has 0 saturated heterocycles. The third-order valence-corrected chi connectivity index (χ3v) is 5.18. The lowest BCUT2D eigenvalue weighted by molar-refractivity contribution is -0.139. The average Bonchev–Trinajstić information content (AvgIpc) is 2.51. The number of carboxylic acids is 1. The monoisotopic (exact) mass is 553 g/mol. The molecule has 0 saturated carbocycles. The van der Waals surface area contributed by atoms with Crippen LogP contribution in [0.5, 0.6) is 5.75 Å². The highest BCUT2D eigenvalue weighted by molar-refractivity contribution is 9.11. The molecule has 0 aliphatic rings. The van der Waals surface area contributed by atoms with Crippen LogP contribution in [0.25, 0.3) is 0 Å². The molecule has 0 radical (unpaired) electrons. The third-order valence-electron chi connectivity index (χ3n) is 3.07. The van der Waals surface area contributed by atoms with Gasteiger partial charge in [-0.15, -0.1) is 0 Å². The van der Waals surface area contributed by atoms with Gasteiger partial charge in [0.2, 0.25) is 0 Å². The summed E-state index contributed by atoms with van der Waals surface area (Å²) in [6.07, 6.45) is 0. The van der Waals surface area contributed by atoms with E-state index in [0.717, 1.165) is 19.0 Å². The van der Waals surface area contributed by atoms with Crippen LogP contribution < -0.4 is 10.1 Å². The Balaban J connectivity index is 2.17. The lowest BCUT2D eigenvalue weighted by Gasteiger charge is -2.13. The zero-order valence-corrected chi connectivity index (χ0v) is 18.0. The quantitative estimate of drug-likeness (QED) is 0.524. The second-order valence-corrected chi connectivity index (χ2v) is 7.91. The van der Waals surface area contributed by atoms with Crippen LogP contribution >= 0.6 is 59.4 Å². The Morgan fingerprint density at radius 3 is 2.36 bits per heavy atom. The van der Waals surface area contributed by atoms with Crippen molar-refractivity contribution in [1.29, 1.82) is 0 Å². The summed E-state index contributed by atoms with van der Waals surface area (Å²) in [5, 5.41) is 11.9. The van der Waals surface area contributed by atoms with Gasteiger partial charge in [-0.1, -0.05) is 59.4 Å². The molecule has 0 spiro atoms. The number of benzene rings is 2. The molecule has 2 aromatic rings. The van der Waals surface area contributed by atoms with Gasteiger partial charge in [-0.25, -0.2) is 4.79 Å². The highest BCUT2D eigenvalue weighted by Crippen LogP contribution is 2.30. The van der Waals surface area contributed by atoms with Crippen LogP contribution in [0.3, 0.4) is 0 Å². The number of carboxylic acid groups (broad SMARTS) is 1. The Labute approximate surface area is 174 Å². The number of ether oxygens (including phenoxy) is 1. The van der Waals surface area contributed by atoms with Crippen LogP contribution in [0.4, 0.5) is 0 Å². The summed E-state index contributed by atoms with van der Waals surface area (Å²) in [4.78, 5) is 23.1. The molecule has 0 bridgehead atoms. The molecule has 0 fully saturated rings. The van der Waals surface area contributed by atoms with E-state index in [1.54, 1.807) is 0 Å². The molecule has 2 aromatic carbocycles. The molecule has 5 nitrogen and oxygen atoms in total. The fourth-order valence-corrected chi connectivity index (χ4v) is 4.65. The van der Waals surface area contributed by atoms with Gasteiger partial charge in [0.15, 0.2) is 6.61 Å². The van der Waals surface area contributed by atoms with Crippen LogP contribution in [-0.4, -0.2) is 23.6 Å². The molecule has 0 aliphatic carbocycles. The predicted molar refractivity (Wildman–Crippen MR) is 105 cm³/mol. The number of hydrogen-bond acceptors (Lipinski definition) is 3. The van der Waals surface area contributed by atoms with Gasteiger partial charge in [0.05, 0.1) is 5.56 Å². The van der Waals surface area contributed by atoms with Crippen LogP contribution in [-0.2, 0) is 11.3 Å². The SMILES string of the molecule is O=C(O)COc1cc(Cl)ccc1C(=O)NCc1c(Br)cc(Br)cc1Br. The van der Waals surface area contributed by atoms with E-state index in [0.29, 0.717) is 5.02 Å². The summed E-state index contributed by atoms with van der Waals surface area (Å²) in [6, 6.07) is 8.17. The largest absolute Gasteiger partial charge is 0.481 e. The third kappa shape index (κ3) is 5.70. The van der Waals surface area contributed by atoms with E-state index in [4.69, 9.17) is 21.4 Å². The van der Waals surface area contributed by atoms with Crippen molar-refractivity contribution >= 4 is 71.3 Å². The maximum atomic E-state index is 12.5. The van der Waals surface area contributed by atoms with Gasteiger partial charge in [-0.05, 0) is 35.9 Å². The van der Waals surface area contributed by atoms with E-state index in [1.807, 2.05) is 12.1 Å². The van der Waals surface area contributed by atoms with E-state index < -0.39 is 18.5 Å². The van der Waals surface area contributed by atoms with Crippen molar-refractivity contribution in [2.45, 2.75) is 6.54 Å². The van der Waals surface area contributed by atoms with Crippen molar-refractivity contribution in [3.8, 4) is 5.75 Å². The smallest absolute Gasteiger partial charge is 0.341 e. The normalized spacial score (nSPS) is 10.4. The van der Waals surface area contributed by atoms with Gasteiger partial charge in [-0.2, -0.15) is 0 Å². The summed E-state index contributed by atoms with van der Waals surface area (Å²) in [5.41, 5.74) is 1.06. The molecule has 1 amide bonds. The number of aliphatic carboxylic acids is 1. The standard InChI is InChI=1S/C16H11Br3ClNO4/c17-8-3-12(18)11(13(19)4-8)6-21-16(24)10-2-1-9(20)5-14(10)25-7-15(22)23/h1-5H,6-7H2,(H,21,24)(H,22,23). The van der Waals surface area contributed by atoms with Gasteiger partial charge < -0.3 is 15.2 Å². The van der Waals surface area contributed by atoms with Crippen molar-refractivity contribution in [3.63, 3.8) is 0 Å². The number of hydrogen-bond donors (Lipinski definition) is 2. The van der Waals surface area contributed by atoms with Crippen molar-refractivity contribution in [2.75, 3.05) is 6.61 Å². The Morgan fingerprint density at radius 1 is 1.12 bits per heavy atom. The Kier molecular flexibility index (Phi) is 7.30. The minimum absolute atomic E-state index is 0.112. The van der Waals surface area contributed by atoms with Crippen LogP contribution in [0, 0.1) is 0 Å². The second-order valence-electron chi connectivity index (χ2n) is 4.85. The molecule has 9 heteroatoms. The summed E-state index contributed by atoms with van der Waals surface area (Å²) in [6.45, 7) is -0.307. The first-order chi connectivity index (χ1) is 11.8. The van der Waals surface area contributed by atoms with Crippen molar-refractivity contribution < 1.29 is 19.4 Å². The molecule has 0 aliphatic heterocycles. The van der Waals surface area contributed by atoms with E-state index in [1.165, 1.54) is 18.2 Å². The van der Waals surface area contributed by atoms with Gasteiger partial charge in [-0.3, -0.25) is 4.79 Å². The predicted octanol–water partition coefficient (Wildman–Crippen LogP) is 5.02. The second kappa shape index (κ2) is 9.02. The minimum Gasteiger partial charge on any atom is -0.481 e. The molecule has 25 heavy (non-hydrogen) atoms. The summed E-state index contributed by atoms with van der Waals surface area (Å²) >= 11 is 16.2. The molecule has 2 N–H and O–H groups in total. The van der Waals surface area contributed by atoms with E-state index in [9.17, 15) is 9.59 Å². The zero-order chi connectivity index (χ0) is 18.6. The highest BCUT2D eigenvalue weighted by atomic mass is 79.9. The summed E-state index contributed by atoms with van der Waals surface area (Å²) < 4.78 is 7.69. The Morgan fingerprint density at radius 2 is 1.76 bits per heavy atom. The van der Waals surface area contributed by atoms with Crippen LogP contribution in [0.15, 0.2) is 43.7 Å². The van der Waals surface area contributed by atoms with Gasteiger partial charge >= 0.3 is 5.97 Å². The molecular formula is C16H11Br3ClNO4. The first-order valence-corrected chi connectivity index (χ1v) is 9.59. The van der Waals surface area contributed by atoms with Crippen molar-refractivity contribution in [2.24, 2.45) is 0 Å². The van der Waals surface area contributed by atoms with Crippen LogP contribution in [0.2, 0.25) is 5.02 Å². The Hall–Kier alpha value is -1.09. The molecule has 132 valence electrons. The number of carbonyl (C=O) groups is 2. The summed E-state index contributed by atoms with van der Waals surface area (Å²) in [5.74, 6) is -1.44. The number of carbonyl (C=O) groups excluding carboxylic acids is 1. The highest BCUT2D eigenvalue weighted by Gasteiger charge is 2.15. The summed E-state index contributed by atoms with van der Waals surface area (Å²) in [7, 11) is 0. The minimum atomic E-state index is -1.14. The average molecular weight is 556 g/mol. The number of halogens is 4. The van der Waals surface area contributed by atoms with Gasteiger partial charge in [0, 0.05) is 25.0 Å². The number of nitrogens with one attached hydrogen (secondary N) is 1. The number of amides is 1. The van der Waals surface area contributed by atoms with Gasteiger partial charge in [0.1, 0.15) is 5.75 Å². The Bertz CT molecular complexity index is 806.